The van der Waals surface area contributed by atoms with Crippen LogP contribution in [0.4, 0.5) is 0 Å². The SMILES string of the molecule is CC(=O)Cc1ccc2c(=O)n(CC3(O)CCN(C(=O)CCc4ccccc4)CC3)cnc2c1. The Kier molecular flexibility index (Phi) is 6.70. The molecule has 33 heavy (non-hydrogen) atoms. The highest BCUT2D eigenvalue weighted by molar-refractivity contribution is 5.82. The molecule has 7 heteroatoms. The third-order valence-electron chi connectivity index (χ3n) is 6.32. The van der Waals surface area contributed by atoms with E-state index in [-0.39, 0.29) is 23.8 Å². The summed E-state index contributed by atoms with van der Waals surface area (Å²) in [5, 5.41) is 11.6. The minimum Gasteiger partial charge on any atom is -0.388 e. The molecule has 172 valence electrons. The lowest BCUT2D eigenvalue weighted by Gasteiger charge is -2.38. The summed E-state index contributed by atoms with van der Waals surface area (Å²) < 4.78 is 1.44. The van der Waals surface area contributed by atoms with Crippen molar-refractivity contribution >= 4 is 22.6 Å². The number of hydrogen-bond acceptors (Lipinski definition) is 5. The zero-order valence-corrected chi connectivity index (χ0v) is 18.9. The van der Waals surface area contributed by atoms with Crippen molar-refractivity contribution < 1.29 is 14.7 Å². The molecule has 0 spiro atoms. The van der Waals surface area contributed by atoms with E-state index < -0.39 is 5.60 Å². The van der Waals surface area contributed by atoms with Crippen molar-refractivity contribution in [1.29, 1.82) is 0 Å². The second-order valence-electron chi connectivity index (χ2n) is 9.00. The number of Topliss-reactive ketones (excluding diaryl/α,β-unsaturated/α-hetero) is 1. The van der Waals surface area contributed by atoms with Gasteiger partial charge in [-0.3, -0.25) is 19.0 Å². The molecule has 4 rings (SSSR count). The highest BCUT2D eigenvalue weighted by Crippen LogP contribution is 2.25. The van der Waals surface area contributed by atoms with Gasteiger partial charge in [-0.2, -0.15) is 0 Å². The Morgan fingerprint density at radius 3 is 2.48 bits per heavy atom. The van der Waals surface area contributed by atoms with E-state index in [1.165, 1.54) is 17.8 Å². The lowest BCUT2D eigenvalue weighted by Crippen LogP contribution is -2.49. The highest BCUT2D eigenvalue weighted by atomic mass is 16.3. The average Bonchev–Trinajstić information content (AvgIpc) is 2.80. The maximum absolute atomic E-state index is 13.0. The number of nitrogens with zero attached hydrogens (tertiary/aromatic N) is 3. The van der Waals surface area contributed by atoms with Gasteiger partial charge < -0.3 is 10.0 Å². The molecule has 0 atom stereocenters. The predicted molar refractivity (Wildman–Crippen MR) is 126 cm³/mol. The van der Waals surface area contributed by atoms with Crippen molar-refractivity contribution in [2.24, 2.45) is 0 Å². The zero-order valence-electron chi connectivity index (χ0n) is 18.9. The van der Waals surface area contributed by atoms with Gasteiger partial charge in [0.05, 0.1) is 29.4 Å². The average molecular weight is 448 g/mol. The molecule has 1 amide bonds. The fourth-order valence-electron chi connectivity index (χ4n) is 4.42. The Morgan fingerprint density at radius 1 is 1.06 bits per heavy atom. The van der Waals surface area contributed by atoms with Gasteiger partial charge in [-0.05, 0) is 49.4 Å². The van der Waals surface area contributed by atoms with E-state index in [2.05, 4.69) is 4.98 Å². The minimum atomic E-state index is -1.07. The van der Waals surface area contributed by atoms with Crippen LogP contribution in [0, 0.1) is 0 Å². The van der Waals surface area contributed by atoms with E-state index in [0.717, 1.165) is 11.1 Å². The van der Waals surface area contributed by atoms with Crippen molar-refractivity contribution in [1.82, 2.24) is 14.5 Å². The minimum absolute atomic E-state index is 0.0507. The molecule has 0 aliphatic carbocycles. The number of hydrogen-bond donors (Lipinski definition) is 1. The molecule has 0 saturated carbocycles. The number of piperidine rings is 1. The number of carbonyl (C=O) groups excluding carboxylic acids is 2. The van der Waals surface area contributed by atoms with Crippen LogP contribution in [0.3, 0.4) is 0 Å². The summed E-state index contributed by atoms with van der Waals surface area (Å²) in [6.07, 6.45) is 3.73. The first-order chi connectivity index (χ1) is 15.8. The van der Waals surface area contributed by atoms with Gasteiger partial charge in [0.15, 0.2) is 0 Å². The number of carbonyl (C=O) groups is 2. The number of benzene rings is 2. The van der Waals surface area contributed by atoms with E-state index in [4.69, 9.17) is 0 Å². The van der Waals surface area contributed by atoms with Gasteiger partial charge in [-0.25, -0.2) is 4.98 Å². The molecular formula is C26H29N3O4. The van der Waals surface area contributed by atoms with Crippen LogP contribution in [-0.4, -0.2) is 49.9 Å². The molecule has 1 aromatic heterocycles. The van der Waals surface area contributed by atoms with Crippen molar-refractivity contribution in [3.63, 3.8) is 0 Å². The van der Waals surface area contributed by atoms with Gasteiger partial charge in [0, 0.05) is 25.9 Å². The first-order valence-corrected chi connectivity index (χ1v) is 11.3. The summed E-state index contributed by atoms with van der Waals surface area (Å²) in [6.45, 7) is 2.59. The summed E-state index contributed by atoms with van der Waals surface area (Å²) in [7, 11) is 0. The van der Waals surface area contributed by atoms with Crippen LogP contribution >= 0.6 is 0 Å². The second-order valence-corrected chi connectivity index (χ2v) is 9.00. The third-order valence-corrected chi connectivity index (χ3v) is 6.32. The van der Waals surface area contributed by atoms with Crippen LogP contribution < -0.4 is 5.56 Å². The van der Waals surface area contributed by atoms with E-state index in [1.807, 2.05) is 30.3 Å². The van der Waals surface area contributed by atoms with E-state index >= 15 is 0 Å². The Hall–Kier alpha value is -3.32. The Morgan fingerprint density at radius 2 is 1.79 bits per heavy atom. The molecule has 0 radical (unpaired) electrons. The standard InChI is InChI=1S/C26H29N3O4/c1-19(30)15-21-7-9-22-23(16-21)27-18-29(25(22)32)17-26(33)11-13-28(14-12-26)24(31)10-8-20-5-3-2-4-6-20/h2-7,9,16,18,33H,8,10-15,17H2,1H3. The number of rotatable bonds is 7. The van der Waals surface area contributed by atoms with Crippen molar-refractivity contribution in [2.45, 2.75) is 51.2 Å². The van der Waals surface area contributed by atoms with Gasteiger partial charge in [-0.1, -0.05) is 36.4 Å². The molecular weight excluding hydrogens is 418 g/mol. The normalized spacial score (nSPS) is 15.5. The monoisotopic (exact) mass is 447 g/mol. The lowest BCUT2D eigenvalue weighted by molar-refractivity contribution is -0.135. The number of amides is 1. The maximum Gasteiger partial charge on any atom is 0.261 e. The molecule has 2 heterocycles. The van der Waals surface area contributed by atoms with E-state index in [0.29, 0.717) is 56.1 Å². The maximum atomic E-state index is 13.0. The molecule has 1 aliphatic heterocycles. The fraction of sp³-hybridized carbons (Fsp3) is 0.385. The number of aromatic nitrogens is 2. The van der Waals surface area contributed by atoms with E-state index in [1.54, 1.807) is 23.1 Å². The van der Waals surface area contributed by atoms with Crippen LogP contribution in [0.15, 0.2) is 59.7 Å². The first kappa shape index (κ1) is 22.9. The van der Waals surface area contributed by atoms with Crippen LogP contribution in [0.5, 0.6) is 0 Å². The fourth-order valence-corrected chi connectivity index (χ4v) is 4.42. The summed E-state index contributed by atoms with van der Waals surface area (Å²) in [6, 6.07) is 15.1. The van der Waals surface area contributed by atoms with Gasteiger partial charge >= 0.3 is 0 Å². The number of likely N-dealkylation sites (tertiary alicyclic amines) is 1. The van der Waals surface area contributed by atoms with Crippen molar-refractivity contribution in [2.75, 3.05) is 13.1 Å². The van der Waals surface area contributed by atoms with Crippen LogP contribution in [0.1, 0.15) is 37.3 Å². The van der Waals surface area contributed by atoms with Gasteiger partial charge in [0.1, 0.15) is 5.78 Å². The number of aliphatic hydroxyl groups is 1. The van der Waals surface area contributed by atoms with Gasteiger partial charge in [0.2, 0.25) is 5.91 Å². The van der Waals surface area contributed by atoms with Crippen LogP contribution in [-0.2, 0) is 29.0 Å². The molecule has 1 fully saturated rings. The van der Waals surface area contributed by atoms with Gasteiger partial charge in [0.25, 0.3) is 5.56 Å². The number of aryl methyl sites for hydroxylation is 1. The second kappa shape index (κ2) is 9.67. The molecule has 2 aromatic carbocycles. The first-order valence-electron chi connectivity index (χ1n) is 11.3. The number of ketones is 1. The third kappa shape index (κ3) is 5.54. The Balaban J connectivity index is 1.38. The predicted octanol–water partition coefficient (Wildman–Crippen LogP) is 2.51. The molecule has 1 saturated heterocycles. The van der Waals surface area contributed by atoms with Gasteiger partial charge in [-0.15, -0.1) is 0 Å². The van der Waals surface area contributed by atoms with E-state index in [9.17, 15) is 19.5 Å². The highest BCUT2D eigenvalue weighted by Gasteiger charge is 2.34. The zero-order chi connectivity index (χ0) is 23.4. The molecule has 0 bridgehead atoms. The summed E-state index contributed by atoms with van der Waals surface area (Å²) in [5.41, 5.74) is 1.22. The summed E-state index contributed by atoms with van der Waals surface area (Å²) in [5.74, 6) is 0.140. The van der Waals surface area contributed by atoms with Crippen LogP contribution in [0.2, 0.25) is 0 Å². The topological polar surface area (TPSA) is 92.5 Å². The van der Waals surface area contributed by atoms with Crippen molar-refractivity contribution in [3.05, 3.63) is 76.3 Å². The lowest BCUT2D eigenvalue weighted by atomic mass is 9.91. The Labute approximate surface area is 192 Å². The summed E-state index contributed by atoms with van der Waals surface area (Å²) in [4.78, 5) is 43.1. The molecule has 0 unspecified atom stereocenters. The molecule has 7 nitrogen and oxygen atoms in total. The summed E-state index contributed by atoms with van der Waals surface area (Å²) >= 11 is 0. The van der Waals surface area contributed by atoms with Crippen molar-refractivity contribution in [3.8, 4) is 0 Å². The molecule has 1 aliphatic rings. The quantitative estimate of drug-likeness (QED) is 0.601. The van der Waals surface area contributed by atoms with Crippen LogP contribution in [0.25, 0.3) is 10.9 Å². The number of fused-ring (bicyclic) bond motifs is 1. The molecule has 3 aromatic rings. The molecule has 1 N–H and O–H groups in total. The largest absolute Gasteiger partial charge is 0.388 e. The Bertz CT molecular complexity index is 1210. The smallest absolute Gasteiger partial charge is 0.261 e.